The minimum Gasteiger partial charge on any atom is -0.497 e. The molecule has 4 rings (SSSR count). The SMILES string of the molecule is COc1ccc(-c2cc(COc3ccc(S(=O)(=O)N4CCOCC4)cc3)on2)cc1. The number of aromatic nitrogens is 1. The van der Waals surface area contributed by atoms with Crippen molar-refractivity contribution in [3.8, 4) is 22.8 Å². The van der Waals surface area contributed by atoms with Crippen LogP contribution >= 0.6 is 0 Å². The van der Waals surface area contributed by atoms with Gasteiger partial charge < -0.3 is 18.7 Å². The Bertz CT molecular complexity index is 1070. The van der Waals surface area contributed by atoms with Gasteiger partial charge in [-0.3, -0.25) is 0 Å². The second kappa shape index (κ2) is 8.86. The molecule has 1 aliphatic heterocycles. The number of ether oxygens (including phenoxy) is 3. The van der Waals surface area contributed by atoms with Gasteiger partial charge in [0.1, 0.15) is 23.8 Å². The smallest absolute Gasteiger partial charge is 0.243 e. The lowest BCUT2D eigenvalue weighted by molar-refractivity contribution is 0.0730. The van der Waals surface area contributed by atoms with Crippen LogP contribution in [0, 0.1) is 0 Å². The van der Waals surface area contributed by atoms with E-state index in [-0.39, 0.29) is 11.5 Å². The van der Waals surface area contributed by atoms with Crippen molar-refractivity contribution in [3.05, 3.63) is 60.4 Å². The zero-order valence-corrected chi connectivity index (χ0v) is 17.3. The Morgan fingerprint density at radius 2 is 1.67 bits per heavy atom. The van der Waals surface area contributed by atoms with Crippen molar-refractivity contribution < 1.29 is 27.2 Å². The molecule has 1 saturated heterocycles. The first-order valence-corrected chi connectivity index (χ1v) is 10.9. The highest BCUT2D eigenvalue weighted by Gasteiger charge is 2.26. The fraction of sp³-hybridized carbons (Fsp3) is 0.286. The Balaban J connectivity index is 1.38. The molecule has 0 atom stereocenters. The van der Waals surface area contributed by atoms with Crippen molar-refractivity contribution in [1.29, 1.82) is 0 Å². The van der Waals surface area contributed by atoms with Gasteiger partial charge in [-0.15, -0.1) is 0 Å². The van der Waals surface area contributed by atoms with Crippen LogP contribution < -0.4 is 9.47 Å². The van der Waals surface area contributed by atoms with Gasteiger partial charge >= 0.3 is 0 Å². The normalized spacial score (nSPS) is 15.1. The Labute approximate surface area is 175 Å². The van der Waals surface area contributed by atoms with Gasteiger partial charge in [0.25, 0.3) is 0 Å². The van der Waals surface area contributed by atoms with E-state index in [0.717, 1.165) is 11.3 Å². The summed E-state index contributed by atoms with van der Waals surface area (Å²) in [6, 6.07) is 15.7. The van der Waals surface area contributed by atoms with Gasteiger partial charge in [0, 0.05) is 24.7 Å². The fourth-order valence-corrected chi connectivity index (χ4v) is 4.49. The largest absolute Gasteiger partial charge is 0.497 e. The van der Waals surface area contributed by atoms with Gasteiger partial charge in [0.15, 0.2) is 5.76 Å². The molecule has 0 bridgehead atoms. The molecule has 30 heavy (non-hydrogen) atoms. The van der Waals surface area contributed by atoms with E-state index in [4.69, 9.17) is 18.7 Å². The number of hydrogen-bond acceptors (Lipinski definition) is 7. The Morgan fingerprint density at radius 1 is 1.00 bits per heavy atom. The average molecular weight is 430 g/mol. The molecule has 0 spiro atoms. The van der Waals surface area contributed by atoms with Gasteiger partial charge in [-0.1, -0.05) is 5.16 Å². The van der Waals surface area contributed by atoms with E-state index in [0.29, 0.717) is 43.5 Å². The van der Waals surface area contributed by atoms with Crippen molar-refractivity contribution in [2.45, 2.75) is 11.5 Å². The maximum absolute atomic E-state index is 12.7. The van der Waals surface area contributed by atoms with E-state index >= 15 is 0 Å². The van der Waals surface area contributed by atoms with Crippen LogP contribution in [-0.2, 0) is 21.4 Å². The summed E-state index contributed by atoms with van der Waals surface area (Å²) in [6.45, 7) is 1.73. The van der Waals surface area contributed by atoms with Crippen LogP contribution in [0.15, 0.2) is 64.0 Å². The third-order valence-corrected chi connectivity index (χ3v) is 6.67. The molecule has 0 N–H and O–H groups in total. The van der Waals surface area contributed by atoms with Crippen LogP contribution in [0.1, 0.15) is 5.76 Å². The van der Waals surface area contributed by atoms with E-state index in [2.05, 4.69) is 5.16 Å². The molecule has 0 saturated carbocycles. The zero-order valence-electron chi connectivity index (χ0n) is 16.5. The van der Waals surface area contributed by atoms with Crippen molar-refractivity contribution in [2.24, 2.45) is 0 Å². The molecular formula is C21H22N2O6S. The maximum Gasteiger partial charge on any atom is 0.243 e. The molecule has 1 aromatic heterocycles. The Morgan fingerprint density at radius 3 is 2.33 bits per heavy atom. The van der Waals surface area contributed by atoms with Gasteiger partial charge in [0.05, 0.1) is 25.2 Å². The summed E-state index contributed by atoms with van der Waals surface area (Å²) >= 11 is 0. The standard InChI is InChI=1S/C21H22N2O6S/c1-26-17-4-2-16(3-5-17)21-14-19(29-22-21)15-28-18-6-8-20(9-7-18)30(24,25)23-10-12-27-13-11-23/h2-9,14H,10-13,15H2,1H3. The van der Waals surface area contributed by atoms with Crippen LogP contribution in [0.2, 0.25) is 0 Å². The van der Waals surface area contributed by atoms with Crippen molar-refractivity contribution in [3.63, 3.8) is 0 Å². The number of nitrogens with zero attached hydrogens (tertiary/aromatic N) is 2. The molecule has 2 aromatic carbocycles. The molecule has 1 fully saturated rings. The van der Waals surface area contributed by atoms with Crippen LogP contribution in [0.25, 0.3) is 11.3 Å². The molecule has 0 unspecified atom stereocenters. The Kier molecular flexibility index (Phi) is 6.03. The third kappa shape index (κ3) is 4.48. The number of hydrogen-bond donors (Lipinski definition) is 0. The van der Waals surface area contributed by atoms with Gasteiger partial charge in [-0.25, -0.2) is 8.42 Å². The summed E-state index contributed by atoms with van der Waals surface area (Å²) in [7, 11) is -1.90. The fourth-order valence-electron chi connectivity index (χ4n) is 3.08. The predicted octanol–water partition coefficient (Wildman–Crippen LogP) is 2.95. The van der Waals surface area contributed by atoms with Crippen LogP contribution in [0.4, 0.5) is 0 Å². The zero-order chi connectivity index (χ0) is 21.0. The summed E-state index contributed by atoms with van der Waals surface area (Å²) in [4.78, 5) is 0.234. The molecule has 8 nitrogen and oxygen atoms in total. The molecular weight excluding hydrogens is 408 g/mol. The number of sulfonamides is 1. The lowest BCUT2D eigenvalue weighted by Crippen LogP contribution is -2.40. The van der Waals surface area contributed by atoms with Crippen molar-refractivity contribution in [2.75, 3.05) is 33.4 Å². The van der Waals surface area contributed by atoms with E-state index in [1.54, 1.807) is 37.4 Å². The van der Waals surface area contributed by atoms with Gasteiger partial charge in [-0.2, -0.15) is 4.31 Å². The highest BCUT2D eigenvalue weighted by atomic mass is 32.2. The highest BCUT2D eigenvalue weighted by molar-refractivity contribution is 7.89. The first-order valence-electron chi connectivity index (χ1n) is 9.47. The van der Waals surface area contributed by atoms with Gasteiger partial charge in [-0.05, 0) is 48.5 Å². The molecule has 1 aliphatic rings. The van der Waals surface area contributed by atoms with Crippen LogP contribution in [0.5, 0.6) is 11.5 Å². The van der Waals surface area contributed by atoms with Crippen LogP contribution in [0.3, 0.4) is 0 Å². The van der Waals surface area contributed by atoms with Crippen molar-refractivity contribution >= 4 is 10.0 Å². The second-order valence-electron chi connectivity index (χ2n) is 6.68. The Hall–Kier alpha value is -2.88. The lowest BCUT2D eigenvalue weighted by atomic mass is 10.1. The molecule has 0 amide bonds. The molecule has 2 heterocycles. The topological polar surface area (TPSA) is 91.1 Å². The van der Waals surface area contributed by atoms with E-state index in [1.165, 1.54) is 4.31 Å². The first-order chi connectivity index (χ1) is 14.6. The summed E-state index contributed by atoms with van der Waals surface area (Å²) in [5.74, 6) is 1.87. The average Bonchev–Trinajstić information content (AvgIpc) is 3.28. The van der Waals surface area contributed by atoms with Gasteiger partial charge in [0.2, 0.25) is 10.0 Å². The minimum absolute atomic E-state index is 0.179. The monoisotopic (exact) mass is 430 g/mol. The van der Waals surface area contributed by atoms with E-state index < -0.39 is 10.0 Å². The quantitative estimate of drug-likeness (QED) is 0.569. The number of morpholine rings is 1. The molecule has 0 radical (unpaired) electrons. The molecule has 3 aromatic rings. The minimum atomic E-state index is -3.52. The highest BCUT2D eigenvalue weighted by Crippen LogP contribution is 2.24. The summed E-state index contributed by atoms with van der Waals surface area (Å²) < 4.78 is 48.2. The molecule has 0 aliphatic carbocycles. The summed E-state index contributed by atoms with van der Waals surface area (Å²) in [5.41, 5.74) is 1.60. The molecule has 9 heteroatoms. The van der Waals surface area contributed by atoms with Crippen molar-refractivity contribution in [1.82, 2.24) is 9.46 Å². The first kappa shape index (κ1) is 20.4. The van der Waals surface area contributed by atoms with E-state index in [1.807, 2.05) is 24.3 Å². The predicted molar refractivity (Wildman–Crippen MR) is 109 cm³/mol. The van der Waals surface area contributed by atoms with Crippen LogP contribution in [-0.4, -0.2) is 51.3 Å². The maximum atomic E-state index is 12.7. The summed E-state index contributed by atoms with van der Waals surface area (Å²) in [6.07, 6.45) is 0. The van der Waals surface area contributed by atoms with E-state index in [9.17, 15) is 8.42 Å². The molecule has 158 valence electrons. The second-order valence-corrected chi connectivity index (χ2v) is 8.62. The third-order valence-electron chi connectivity index (χ3n) is 4.76. The number of benzene rings is 2. The number of rotatable bonds is 7. The number of methoxy groups -OCH3 is 1. The lowest BCUT2D eigenvalue weighted by Gasteiger charge is -2.26. The summed E-state index contributed by atoms with van der Waals surface area (Å²) in [5, 5.41) is 4.06.